The zero-order valence-electron chi connectivity index (χ0n) is 10.6. The third-order valence-corrected chi connectivity index (χ3v) is 5.10. The van der Waals surface area contributed by atoms with E-state index in [-0.39, 0.29) is 25.5 Å². The lowest BCUT2D eigenvalue weighted by Gasteiger charge is -2.26. The highest BCUT2D eigenvalue weighted by Crippen LogP contribution is 2.23. The zero-order valence-corrected chi connectivity index (χ0v) is 11.4. The van der Waals surface area contributed by atoms with Crippen molar-refractivity contribution < 1.29 is 17.2 Å². The molecule has 0 atom stereocenters. The number of nitrogens with zero attached hydrogens (tertiary/aromatic N) is 3. The van der Waals surface area contributed by atoms with E-state index in [9.17, 15) is 22.0 Å². The van der Waals surface area contributed by atoms with E-state index in [0.717, 1.165) is 16.4 Å². The van der Waals surface area contributed by atoms with E-state index in [4.69, 9.17) is 0 Å². The molecule has 1 aliphatic heterocycles. The topological polar surface area (TPSA) is 88.1 Å². The fourth-order valence-electron chi connectivity index (χ4n) is 2.17. The molecule has 0 fully saturated rings. The van der Waals surface area contributed by atoms with Crippen LogP contribution < -0.4 is 5.69 Å². The largest absolute Gasteiger partial charge is 0.343 e. The van der Waals surface area contributed by atoms with E-state index < -0.39 is 32.2 Å². The summed E-state index contributed by atoms with van der Waals surface area (Å²) in [5, 5.41) is 5.92. The van der Waals surface area contributed by atoms with Crippen molar-refractivity contribution in [3.8, 4) is 0 Å². The third kappa shape index (κ3) is 2.25. The second kappa shape index (κ2) is 4.74. The van der Waals surface area contributed by atoms with Gasteiger partial charge < -0.3 is 0 Å². The standard InChI is InChI=1S/C11H10F2N4O3S/c12-7-1-2-8(13)9(5-7)21(19,20)16-3-4-17-10(6-16)14-15-11(17)18/h1-2,5H,3-4,6H2,(H,15,18). The number of hydrogen-bond donors (Lipinski definition) is 1. The monoisotopic (exact) mass is 316 g/mol. The first-order valence-electron chi connectivity index (χ1n) is 5.99. The molecule has 1 N–H and O–H groups in total. The van der Waals surface area contributed by atoms with Crippen molar-refractivity contribution in [2.24, 2.45) is 0 Å². The summed E-state index contributed by atoms with van der Waals surface area (Å²) in [7, 11) is -4.20. The summed E-state index contributed by atoms with van der Waals surface area (Å²) in [6, 6.07) is 2.24. The lowest BCUT2D eigenvalue weighted by atomic mass is 10.3. The molecule has 1 aromatic heterocycles. The Morgan fingerprint density at radius 1 is 1.24 bits per heavy atom. The first-order chi connectivity index (χ1) is 9.89. The van der Waals surface area contributed by atoms with Crippen LogP contribution in [0.3, 0.4) is 0 Å². The normalized spacial score (nSPS) is 15.9. The Kier molecular flexibility index (Phi) is 3.14. The van der Waals surface area contributed by atoms with Crippen LogP contribution in [0.15, 0.2) is 27.9 Å². The summed E-state index contributed by atoms with van der Waals surface area (Å²) < 4.78 is 53.8. The van der Waals surface area contributed by atoms with E-state index >= 15 is 0 Å². The molecule has 1 aliphatic rings. The van der Waals surface area contributed by atoms with Gasteiger partial charge in [-0.1, -0.05) is 0 Å². The number of hydrogen-bond acceptors (Lipinski definition) is 4. The van der Waals surface area contributed by atoms with Crippen LogP contribution >= 0.6 is 0 Å². The van der Waals surface area contributed by atoms with E-state index in [1.165, 1.54) is 4.57 Å². The number of nitrogens with one attached hydrogen (secondary N) is 1. The number of rotatable bonds is 2. The molecule has 0 radical (unpaired) electrons. The molecule has 1 aromatic carbocycles. The quantitative estimate of drug-likeness (QED) is 0.848. The molecule has 0 saturated heterocycles. The number of halogens is 2. The molecular weight excluding hydrogens is 306 g/mol. The lowest BCUT2D eigenvalue weighted by Crippen LogP contribution is -2.40. The molecule has 112 valence electrons. The van der Waals surface area contributed by atoms with Crippen LogP contribution in [0, 0.1) is 11.6 Å². The molecule has 2 aromatic rings. The van der Waals surface area contributed by atoms with Gasteiger partial charge in [0.25, 0.3) is 0 Å². The smallest absolute Gasteiger partial charge is 0.277 e. The molecule has 3 rings (SSSR count). The molecule has 0 amide bonds. The molecule has 0 unspecified atom stereocenters. The van der Waals surface area contributed by atoms with Gasteiger partial charge in [-0.15, -0.1) is 0 Å². The summed E-state index contributed by atoms with van der Waals surface area (Å²) in [6.45, 7) is -0.109. The van der Waals surface area contributed by atoms with Gasteiger partial charge in [-0.3, -0.25) is 4.57 Å². The first-order valence-corrected chi connectivity index (χ1v) is 7.43. The lowest BCUT2D eigenvalue weighted by molar-refractivity contribution is 0.331. The van der Waals surface area contributed by atoms with Crippen LogP contribution in [0.1, 0.15) is 5.82 Å². The fraction of sp³-hybridized carbons (Fsp3) is 0.273. The van der Waals surface area contributed by atoms with Crippen molar-refractivity contribution in [1.29, 1.82) is 0 Å². The molecular formula is C11H10F2N4O3S. The highest BCUT2D eigenvalue weighted by atomic mass is 32.2. The molecule has 10 heteroatoms. The average Bonchev–Trinajstić information content (AvgIpc) is 2.82. The Bertz CT molecular complexity index is 859. The van der Waals surface area contributed by atoms with Gasteiger partial charge in [-0.25, -0.2) is 27.1 Å². The number of H-pyrrole nitrogens is 1. The zero-order chi connectivity index (χ0) is 15.2. The molecule has 7 nitrogen and oxygen atoms in total. The minimum Gasteiger partial charge on any atom is -0.277 e. The number of fused-ring (bicyclic) bond motifs is 1. The van der Waals surface area contributed by atoms with E-state index in [1.807, 2.05) is 0 Å². The highest BCUT2D eigenvalue weighted by molar-refractivity contribution is 7.89. The number of benzene rings is 1. The molecule has 0 spiro atoms. The van der Waals surface area contributed by atoms with Crippen LogP contribution in [-0.2, 0) is 23.1 Å². The molecule has 2 heterocycles. The number of sulfonamides is 1. The van der Waals surface area contributed by atoms with Gasteiger partial charge >= 0.3 is 5.69 Å². The van der Waals surface area contributed by atoms with Crippen LogP contribution in [0.5, 0.6) is 0 Å². The maximum Gasteiger partial charge on any atom is 0.343 e. The van der Waals surface area contributed by atoms with Crippen LogP contribution in [0.2, 0.25) is 0 Å². The predicted octanol–water partition coefficient (Wildman–Crippen LogP) is 0.0541. The van der Waals surface area contributed by atoms with Gasteiger partial charge in [0.2, 0.25) is 10.0 Å². The number of aromatic amines is 1. The molecule has 21 heavy (non-hydrogen) atoms. The van der Waals surface area contributed by atoms with Crippen LogP contribution in [0.25, 0.3) is 0 Å². The average molecular weight is 316 g/mol. The van der Waals surface area contributed by atoms with Crippen molar-refractivity contribution in [2.75, 3.05) is 6.54 Å². The summed E-state index contributed by atoms with van der Waals surface area (Å²) in [4.78, 5) is 10.6. The maximum atomic E-state index is 13.7. The molecule has 0 saturated carbocycles. The Hall–Kier alpha value is -2.07. The summed E-state index contributed by atoms with van der Waals surface area (Å²) in [6.07, 6.45) is 0. The summed E-state index contributed by atoms with van der Waals surface area (Å²) in [5.41, 5.74) is -0.431. The first kappa shape index (κ1) is 13.9. The Labute approximate surface area is 117 Å². The minimum absolute atomic E-state index is 0.0231. The van der Waals surface area contributed by atoms with Gasteiger partial charge in [-0.05, 0) is 18.2 Å². The Morgan fingerprint density at radius 3 is 2.76 bits per heavy atom. The minimum atomic E-state index is -4.20. The van der Waals surface area contributed by atoms with E-state index in [1.54, 1.807) is 0 Å². The second-order valence-corrected chi connectivity index (χ2v) is 6.42. The SMILES string of the molecule is O=c1[nH]nc2n1CCN(S(=O)(=O)c1cc(F)ccc1F)C2. The third-order valence-electron chi connectivity index (χ3n) is 3.24. The Balaban J connectivity index is 2.00. The highest BCUT2D eigenvalue weighted by Gasteiger charge is 2.32. The van der Waals surface area contributed by atoms with Gasteiger partial charge in [0, 0.05) is 13.1 Å². The summed E-state index contributed by atoms with van der Waals surface area (Å²) >= 11 is 0. The van der Waals surface area contributed by atoms with Gasteiger partial charge in [0.15, 0.2) is 0 Å². The summed E-state index contributed by atoms with van der Waals surface area (Å²) in [5.74, 6) is -1.64. The maximum absolute atomic E-state index is 13.7. The van der Waals surface area contributed by atoms with Gasteiger partial charge in [0.1, 0.15) is 22.4 Å². The molecule has 0 aliphatic carbocycles. The predicted molar refractivity (Wildman–Crippen MR) is 66.8 cm³/mol. The van der Waals surface area contributed by atoms with Crippen LogP contribution in [0.4, 0.5) is 8.78 Å². The van der Waals surface area contributed by atoms with Crippen molar-refractivity contribution in [3.63, 3.8) is 0 Å². The van der Waals surface area contributed by atoms with Crippen molar-refractivity contribution in [2.45, 2.75) is 18.0 Å². The van der Waals surface area contributed by atoms with Crippen LogP contribution in [-0.4, -0.2) is 34.0 Å². The van der Waals surface area contributed by atoms with E-state index in [0.29, 0.717) is 6.07 Å². The molecule has 0 bridgehead atoms. The Morgan fingerprint density at radius 2 is 2.00 bits per heavy atom. The van der Waals surface area contributed by atoms with Crippen molar-refractivity contribution in [1.82, 2.24) is 19.1 Å². The van der Waals surface area contributed by atoms with Crippen molar-refractivity contribution in [3.05, 3.63) is 46.1 Å². The van der Waals surface area contributed by atoms with Gasteiger partial charge in [0.05, 0.1) is 6.54 Å². The van der Waals surface area contributed by atoms with E-state index in [2.05, 4.69) is 10.2 Å². The van der Waals surface area contributed by atoms with Gasteiger partial charge in [-0.2, -0.15) is 9.40 Å². The second-order valence-electron chi connectivity index (χ2n) is 4.51. The number of aromatic nitrogens is 3. The van der Waals surface area contributed by atoms with Crippen molar-refractivity contribution >= 4 is 10.0 Å². The fourth-order valence-corrected chi connectivity index (χ4v) is 3.63.